The fourth-order valence-electron chi connectivity index (χ4n) is 2.13. The van der Waals surface area contributed by atoms with E-state index >= 15 is 0 Å². The minimum atomic E-state index is -0.396. The number of rotatable bonds is 4. The van der Waals surface area contributed by atoms with Crippen LogP contribution in [0, 0.1) is 0 Å². The molecule has 1 aromatic rings. The van der Waals surface area contributed by atoms with Gasteiger partial charge in [0.1, 0.15) is 12.4 Å². The Hall–Kier alpha value is -1.27. The van der Waals surface area contributed by atoms with Crippen molar-refractivity contribution >= 4 is 22.0 Å². The van der Waals surface area contributed by atoms with E-state index in [1.165, 1.54) is 0 Å². The number of nitrogens with zero attached hydrogens (tertiary/aromatic N) is 1. The average Bonchev–Trinajstić information content (AvgIpc) is 2.43. The molecule has 0 spiro atoms. The highest BCUT2D eigenvalue weighted by Gasteiger charge is 2.21. The number of likely N-dealkylation sites (tertiary alicyclic amines) is 1. The van der Waals surface area contributed by atoms with Gasteiger partial charge in [0.05, 0.1) is 12.6 Å². The molecular formula is C14H19BrN2O3. The van der Waals surface area contributed by atoms with Crippen LogP contribution in [0.25, 0.3) is 0 Å². The van der Waals surface area contributed by atoms with Crippen molar-refractivity contribution in [1.29, 1.82) is 0 Å². The number of ether oxygens (including phenoxy) is 1. The van der Waals surface area contributed by atoms with Crippen LogP contribution in [-0.4, -0.2) is 48.4 Å². The number of carbonyl (C=O) groups excluding carboxylic acids is 1. The first kappa shape index (κ1) is 15.1. The second kappa shape index (κ2) is 7.50. The first-order valence-electron chi connectivity index (χ1n) is 6.74. The predicted octanol–water partition coefficient (Wildman–Crippen LogP) is 1.99. The lowest BCUT2D eigenvalue weighted by Crippen LogP contribution is -2.47. The van der Waals surface area contributed by atoms with E-state index < -0.39 is 6.10 Å². The fourth-order valence-corrected chi connectivity index (χ4v) is 2.51. The quantitative estimate of drug-likeness (QED) is 0.822. The number of halogens is 1. The molecule has 2 N–H and O–H groups in total. The molecule has 0 bridgehead atoms. The smallest absolute Gasteiger partial charge is 0.317 e. The zero-order valence-electron chi connectivity index (χ0n) is 11.2. The van der Waals surface area contributed by atoms with Crippen LogP contribution in [0.4, 0.5) is 4.79 Å². The molecule has 6 heteroatoms. The molecular weight excluding hydrogens is 324 g/mol. The number of amides is 2. The van der Waals surface area contributed by atoms with Gasteiger partial charge in [-0.15, -0.1) is 0 Å². The highest BCUT2D eigenvalue weighted by atomic mass is 79.9. The Balaban J connectivity index is 1.66. The molecule has 1 aliphatic rings. The summed E-state index contributed by atoms with van der Waals surface area (Å²) in [5.41, 5.74) is 0. The molecule has 0 saturated carbocycles. The number of hydrogen-bond donors (Lipinski definition) is 2. The van der Waals surface area contributed by atoms with Gasteiger partial charge in [-0.25, -0.2) is 4.79 Å². The topological polar surface area (TPSA) is 61.8 Å². The number of aliphatic hydroxyl groups excluding tert-OH is 1. The Morgan fingerprint density at radius 1 is 1.55 bits per heavy atom. The van der Waals surface area contributed by atoms with Crippen molar-refractivity contribution in [1.82, 2.24) is 10.2 Å². The normalized spacial score (nSPS) is 18.7. The van der Waals surface area contributed by atoms with Crippen molar-refractivity contribution in [3.63, 3.8) is 0 Å². The van der Waals surface area contributed by atoms with Gasteiger partial charge in [-0.3, -0.25) is 0 Å². The summed E-state index contributed by atoms with van der Waals surface area (Å²) >= 11 is 3.37. The van der Waals surface area contributed by atoms with E-state index in [2.05, 4.69) is 21.2 Å². The molecule has 1 saturated heterocycles. The van der Waals surface area contributed by atoms with E-state index in [-0.39, 0.29) is 6.03 Å². The van der Waals surface area contributed by atoms with E-state index in [0.717, 1.165) is 23.1 Å². The van der Waals surface area contributed by atoms with Crippen LogP contribution in [0.5, 0.6) is 5.75 Å². The number of piperidine rings is 1. The molecule has 1 aliphatic heterocycles. The molecule has 1 unspecified atom stereocenters. The van der Waals surface area contributed by atoms with Crippen molar-refractivity contribution in [3.8, 4) is 5.75 Å². The SMILES string of the molecule is O=C(NCCOc1cccc(Br)c1)N1CCCC(O)C1. The van der Waals surface area contributed by atoms with Gasteiger partial charge in [-0.1, -0.05) is 22.0 Å². The maximum Gasteiger partial charge on any atom is 0.317 e. The summed E-state index contributed by atoms with van der Waals surface area (Å²) in [4.78, 5) is 13.5. The molecule has 20 heavy (non-hydrogen) atoms. The van der Waals surface area contributed by atoms with Gasteiger partial charge in [0.2, 0.25) is 0 Å². The first-order valence-corrected chi connectivity index (χ1v) is 7.53. The van der Waals surface area contributed by atoms with Crippen LogP contribution in [0.2, 0.25) is 0 Å². The van der Waals surface area contributed by atoms with Gasteiger partial charge in [0.25, 0.3) is 0 Å². The Morgan fingerprint density at radius 3 is 3.15 bits per heavy atom. The van der Waals surface area contributed by atoms with E-state index in [1.54, 1.807) is 4.90 Å². The second-order valence-corrected chi connectivity index (χ2v) is 5.70. The van der Waals surface area contributed by atoms with Crippen molar-refractivity contribution in [2.24, 2.45) is 0 Å². The largest absolute Gasteiger partial charge is 0.492 e. The van der Waals surface area contributed by atoms with Gasteiger partial charge >= 0.3 is 6.03 Å². The van der Waals surface area contributed by atoms with Gasteiger partial charge in [0, 0.05) is 17.6 Å². The lowest BCUT2D eigenvalue weighted by molar-refractivity contribution is 0.0840. The highest BCUT2D eigenvalue weighted by Crippen LogP contribution is 2.17. The van der Waals surface area contributed by atoms with Crippen LogP contribution >= 0.6 is 15.9 Å². The lowest BCUT2D eigenvalue weighted by atomic mass is 10.1. The Morgan fingerprint density at radius 2 is 2.40 bits per heavy atom. The van der Waals surface area contributed by atoms with Gasteiger partial charge in [-0.2, -0.15) is 0 Å². The van der Waals surface area contributed by atoms with Crippen LogP contribution in [0.15, 0.2) is 28.7 Å². The fraction of sp³-hybridized carbons (Fsp3) is 0.500. The molecule has 1 atom stereocenters. The summed E-state index contributed by atoms with van der Waals surface area (Å²) in [6.45, 7) is 1.98. The standard InChI is InChI=1S/C14H19BrN2O3/c15-11-3-1-5-13(9-11)20-8-6-16-14(19)17-7-2-4-12(18)10-17/h1,3,5,9,12,18H,2,4,6-8,10H2,(H,16,19). The summed E-state index contributed by atoms with van der Waals surface area (Å²) in [7, 11) is 0. The predicted molar refractivity (Wildman–Crippen MR) is 79.8 cm³/mol. The third kappa shape index (κ3) is 4.68. The van der Waals surface area contributed by atoms with Gasteiger partial charge < -0.3 is 20.1 Å². The molecule has 0 radical (unpaired) electrons. The number of β-amino-alcohol motifs (C(OH)–C–C–N with tert-alkyl or cyclic N) is 1. The number of aliphatic hydroxyl groups is 1. The maximum atomic E-state index is 11.8. The van der Waals surface area contributed by atoms with E-state index in [4.69, 9.17) is 4.74 Å². The number of urea groups is 1. The third-order valence-electron chi connectivity index (χ3n) is 3.13. The van der Waals surface area contributed by atoms with E-state index in [0.29, 0.717) is 26.2 Å². The molecule has 2 amide bonds. The second-order valence-electron chi connectivity index (χ2n) is 4.78. The number of hydrogen-bond acceptors (Lipinski definition) is 3. The monoisotopic (exact) mass is 342 g/mol. The van der Waals surface area contributed by atoms with Gasteiger partial charge in [-0.05, 0) is 31.0 Å². The number of carbonyl (C=O) groups is 1. The molecule has 2 rings (SSSR count). The summed E-state index contributed by atoms with van der Waals surface area (Å²) in [5, 5.41) is 12.3. The van der Waals surface area contributed by atoms with Crippen molar-refractivity contribution < 1.29 is 14.6 Å². The molecule has 0 aliphatic carbocycles. The first-order chi connectivity index (χ1) is 9.65. The summed E-state index contributed by atoms with van der Waals surface area (Å²) < 4.78 is 6.49. The van der Waals surface area contributed by atoms with Crippen LogP contribution in [-0.2, 0) is 0 Å². The summed E-state index contributed by atoms with van der Waals surface area (Å²) in [6.07, 6.45) is 1.23. The highest BCUT2D eigenvalue weighted by molar-refractivity contribution is 9.10. The van der Waals surface area contributed by atoms with Crippen LogP contribution in [0.3, 0.4) is 0 Å². The van der Waals surface area contributed by atoms with Crippen LogP contribution < -0.4 is 10.1 Å². The minimum absolute atomic E-state index is 0.137. The molecule has 1 heterocycles. The van der Waals surface area contributed by atoms with Gasteiger partial charge in [0.15, 0.2) is 0 Å². The van der Waals surface area contributed by atoms with Crippen LogP contribution in [0.1, 0.15) is 12.8 Å². The number of nitrogens with one attached hydrogen (secondary N) is 1. The molecule has 1 aromatic carbocycles. The molecule has 5 nitrogen and oxygen atoms in total. The number of benzene rings is 1. The van der Waals surface area contributed by atoms with E-state index in [1.807, 2.05) is 24.3 Å². The zero-order valence-corrected chi connectivity index (χ0v) is 12.8. The average molecular weight is 343 g/mol. The zero-order chi connectivity index (χ0) is 14.4. The maximum absolute atomic E-state index is 11.8. The Labute approximate surface area is 127 Å². The summed E-state index contributed by atoms with van der Waals surface area (Å²) in [6, 6.07) is 7.43. The van der Waals surface area contributed by atoms with E-state index in [9.17, 15) is 9.90 Å². The minimum Gasteiger partial charge on any atom is -0.492 e. The van der Waals surface area contributed by atoms with Crippen molar-refractivity contribution in [3.05, 3.63) is 28.7 Å². The summed E-state index contributed by atoms with van der Waals surface area (Å²) in [5.74, 6) is 0.766. The molecule has 110 valence electrons. The van der Waals surface area contributed by atoms with Crippen molar-refractivity contribution in [2.45, 2.75) is 18.9 Å². The van der Waals surface area contributed by atoms with Crippen molar-refractivity contribution in [2.75, 3.05) is 26.2 Å². The Kier molecular flexibility index (Phi) is 5.67. The Bertz CT molecular complexity index is 456. The third-order valence-corrected chi connectivity index (χ3v) is 3.62. The molecule has 0 aromatic heterocycles. The molecule has 1 fully saturated rings. The lowest BCUT2D eigenvalue weighted by Gasteiger charge is -2.30.